The van der Waals surface area contributed by atoms with Gasteiger partial charge in [-0.15, -0.1) is 0 Å². The Balaban J connectivity index is 1.69. The molecule has 0 saturated carbocycles. The van der Waals surface area contributed by atoms with Crippen LogP contribution in [0.15, 0.2) is 109 Å². The van der Waals surface area contributed by atoms with Gasteiger partial charge in [0.15, 0.2) is 5.65 Å². The van der Waals surface area contributed by atoms with E-state index < -0.39 is 0 Å². The summed E-state index contributed by atoms with van der Waals surface area (Å²) in [5, 5.41) is 8.48. The molecule has 0 spiro atoms. The number of hydrogen-bond acceptors (Lipinski definition) is 6. The molecular weight excluding hydrogens is 474 g/mol. The van der Waals surface area contributed by atoms with Crippen LogP contribution in [-0.4, -0.2) is 33.8 Å². The first-order valence-corrected chi connectivity index (χ1v) is 12.2. The number of nitrogens with zero attached hydrogens (tertiary/aromatic N) is 4. The second-order valence-corrected chi connectivity index (χ2v) is 8.60. The number of fused-ring (bicyclic) bond motifs is 1. The van der Waals surface area contributed by atoms with E-state index in [1.807, 2.05) is 78.9 Å². The Kier molecular flexibility index (Phi) is 6.16. The summed E-state index contributed by atoms with van der Waals surface area (Å²) in [6.07, 6.45) is 1.74. The molecule has 0 aliphatic carbocycles. The number of pyridine rings is 1. The first kappa shape index (κ1) is 23.2. The predicted molar refractivity (Wildman–Crippen MR) is 150 cm³/mol. The lowest BCUT2D eigenvalue weighted by atomic mass is 10.0. The Morgan fingerprint density at radius 3 is 1.95 bits per heavy atom. The standard InChI is InChI=1S/C31H25N5O2/c1-37-24-18-16-22(17-19-24)27-29(33-25-15-9-10-20-32-25)34-30-26(21-11-5-3-6-12-21)28(23-13-7-4-8-14-23)35-36(30)31(27)38-2/h3-20H,1-2H3,(H,32,33,34). The lowest BCUT2D eigenvalue weighted by Gasteiger charge is -2.16. The van der Waals surface area contributed by atoms with Gasteiger partial charge in [-0.25, -0.2) is 9.97 Å². The summed E-state index contributed by atoms with van der Waals surface area (Å²) >= 11 is 0. The second-order valence-electron chi connectivity index (χ2n) is 8.60. The third kappa shape index (κ3) is 4.20. The molecule has 0 saturated heterocycles. The zero-order chi connectivity index (χ0) is 25.9. The average molecular weight is 500 g/mol. The van der Waals surface area contributed by atoms with E-state index in [0.717, 1.165) is 39.3 Å². The summed E-state index contributed by atoms with van der Waals surface area (Å²) in [6, 6.07) is 33.8. The van der Waals surface area contributed by atoms with Gasteiger partial charge in [-0.3, -0.25) is 0 Å². The highest BCUT2D eigenvalue weighted by atomic mass is 16.5. The Labute approximate surface area is 220 Å². The summed E-state index contributed by atoms with van der Waals surface area (Å²) in [7, 11) is 3.30. The molecule has 3 heterocycles. The van der Waals surface area contributed by atoms with Crippen molar-refractivity contribution in [2.45, 2.75) is 0 Å². The van der Waals surface area contributed by atoms with Gasteiger partial charge in [0.25, 0.3) is 0 Å². The Morgan fingerprint density at radius 2 is 1.32 bits per heavy atom. The molecule has 0 fully saturated rings. The van der Waals surface area contributed by atoms with E-state index in [-0.39, 0.29) is 0 Å². The van der Waals surface area contributed by atoms with Crippen LogP contribution in [0.5, 0.6) is 11.6 Å². The molecule has 0 amide bonds. The zero-order valence-corrected chi connectivity index (χ0v) is 21.0. The molecule has 38 heavy (non-hydrogen) atoms. The van der Waals surface area contributed by atoms with E-state index >= 15 is 0 Å². The summed E-state index contributed by atoms with van der Waals surface area (Å²) in [6.45, 7) is 0. The van der Waals surface area contributed by atoms with Gasteiger partial charge in [0.05, 0.1) is 25.3 Å². The van der Waals surface area contributed by atoms with Crippen molar-refractivity contribution in [2.75, 3.05) is 19.5 Å². The summed E-state index contributed by atoms with van der Waals surface area (Å²) in [5.74, 6) is 2.59. The molecule has 186 valence electrons. The van der Waals surface area contributed by atoms with Gasteiger partial charge in [-0.05, 0) is 35.4 Å². The van der Waals surface area contributed by atoms with E-state index in [9.17, 15) is 0 Å². The average Bonchev–Trinajstić information content (AvgIpc) is 3.37. The van der Waals surface area contributed by atoms with Crippen LogP contribution in [-0.2, 0) is 0 Å². The van der Waals surface area contributed by atoms with Crippen LogP contribution >= 0.6 is 0 Å². The molecule has 6 aromatic rings. The Morgan fingerprint density at radius 1 is 0.658 bits per heavy atom. The van der Waals surface area contributed by atoms with Crippen molar-refractivity contribution in [3.8, 4) is 45.1 Å². The summed E-state index contributed by atoms with van der Waals surface area (Å²) < 4.78 is 13.2. The third-order valence-electron chi connectivity index (χ3n) is 6.31. The minimum atomic E-state index is 0.554. The second kappa shape index (κ2) is 10.1. The molecule has 1 N–H and O–H groups in total. The maximum atomic E-state index is 6.06. The highest BCUT2D eigenvalue weighted by Crippen LogP contribution is 2.42. The molecule has 7 heteroatoms. The lowest BCUT2D eigenvalue weighted by molar-refractivity contribution is 0.387. The first-order chi connectivity index (χ1) is 18.8. The fourth-order valence-corrected chi connectivity index (χ4v) is 4.55. The molecule has 0 bridgehead atoms. The molecule has 6 rings (SSSR count). The fourth-order valence-electron chi connectivity index (χ4n) is 4.55. The quantitative estimate of drug-likeness (QED) is 0.258. The van der Waals surface area contributed by atoms with Crippen LogP contribution in [0.2, 0.25) is 0 Å². The summed E-state index contributed by atoms with van der Waals surface area (Å²) in [5.41, 5.74) is 6.06. The van der Waals surface area contributed by atoms with Gasteiger partial charge < -0.3 is 14.8 Å². The van der Waals surface area contributed by atoms with Crippen molar-refractivity contribution in [3.63, 3.8) is 0 Å². The highest BCUT2D eigenvalue weighted by Gasteiger charge is 2.25. The first-order valence-electron chi connectivity index (χ1n) is 12.2. The number of rotatable bonds is 7. The molecular formula is C31H25N5O2. The lowest BCUT2D eigenvalue weighted by Crippen LogP contribution is -2.06. The van der Waals surface area contributed by atoms with Gasteiger partial charge in [-0.1, -0.05) is 78.9 Å². The number of benzene rings is 3. The highest BCUT2D eigenvalue weighted by molar-refractivity contribution is 5.93. The van der Waals surface area contributed by atoms with Gasteiger partial charge in [0.2, 0.25) is 5.88 Å². The van der Waals surface area contributed by atoms with Crippen molar-refractivity contribution in [1.82, 2.24) is 19.6 Å². The SMILES string of the molecule is COc1ccc(-c2c(Nc3ccccn3)nc3c(-c4ccccc4)c(-c4ccccc4)nn3c2OC)cc1. The van der Waals surface area contributed by atoms with Crippen molar-refractivity contribution in [1.29, 1.82) is 0 Å². The molecule has 0 unspecified atom stereocenters. The number of ether oxygens (including phenoxy) is 2. The van der Waals surface area contributed by atoms with Crippen molar-refractivity contribution in [2.24, 2.45) is 0 Å². The van der Waals surface area contributed by atoms with Gasteiger partial charge in [-0.2, -0.15) is 9.61 Å². The van der Waals surface area contributed by atoms with E-state index in [1.54, 1.807) is 24.9 Å². The van der Waals surface area contributed by atoms with E-state index in [4.69, 9.17) is 19.6 Å². The fraction of sp³-hybridized carbons (Fsp3) is 0.0645. The molecule has 3 aromatic heterocycles. The number of hydrogen-bond donors (Lipinski definition) is 1. The van der Waals surface area contributed by atoms with Crippen LogP contribution < -0.4 is 14.8 Å². The predicted octanol–water partition coefficient (Wildman–Crippen LogP) is 6.89. The van der Waals surface area contributed by atoms with Crippen LogP contribution in [0.4, 0.5) is 11.6 Å². The third-order valence-corrected chi connectivity index (χ3v) is 6.31. The van der Waals surface area contributed by atoms with Crippen LogP contribution in [0.1, 0.15) is 0 Å². The van der Waals surface area contributed by atoms with E-state index in [1.165, 1.54) is 0 Å². The largest absolute Gasteiger partial charge is 0.497 e. The van der Waals surface area contributed by atoms with Crippen LogP contribution in [0.3, 0.4) is 0 Å². The number of anilines is 2. The van der Waals surface area contributed by atoms with Crippen LogP contribution in [0, 0.1) is 0 Å². The van der Waals surface area contributed by atoms with Crippen molar-refractivity contribution < 1.29 is 9.47 Å². The van der Waals surface area contributed by atoms with Gasteiger partial charge in [0, 0.05) is 11.8 Å². The topological polar surface area (TPSA) is 73.6 Å². The zero-order valence-electron chi connectivity index (χ0n) is 21.0. The summed E-state index contributed by atoms with van der Waals surface area (Å²) in [4.78, 5) is 9.63. The Bertz CT molecular complexity index is 1680. The molecule has 0 aliphatic rings. The van der Waals surface area contributed by atoms with Gasteiger partial charge in [0.1, 0.15) is 23.1 Å². The van der Waals surface area contributed by atoms with Crippen LogP contribution in [0.25, 0.3) is 39.2 Å². The smallest absolute Gasteiger partial charge is 0.228 e. The van der Waals surface area contributed by atoms with Crippen molar-refractivity contribution in [3.05, 3.63) is 109 Å². The molecule has 0 aliphatic heterocycles. The maximum absolute atomic E-state index is 6.06. The Hall–Kier alpha value is -5.17. The molecule has 0 atom stereocenters. The molecule has 7 nitrogen and oxygen atoms in total. The van der Waals surface area contributed by atoms with E-state index in [0.29, 0.717) is 23.2 Å². The van der Waals surface area contributed by atoms with Crippen molar-refractivity contribution >= 4 is 17.3 Å². The normalized spacial score (nSPS) is 10.9. The minimum Gasteiger partial charge on any atom is -0.497 e. The molecule has 0 radical (unpaired) electrons. The maximum Gasteiger partial charge on any atom is 0.228 e. The molecule has 3 aromatic carbocycles. The van der Waals surface area contributed by atoms with E-state index in [2.05, 4.69) is 34.6 Å². The minimum absolute atomic E-state index is 0.554. The number of nitrogens with one attached hydrogen (secondary N) is 1. The van der Waals surface area contributed by atoms with Gasteiger partial charge >= 0.3 is 0 Å². The number of aromatic nitrogens is 4. The monoisotopic (exact) mass is 499 g/mol. The number of methoxy groups -OCH3 is 2.